The quantitative estimate of drug-likeness (QED) is 0.741. The van der Waals surface area contributed by atoms with Gasteiger partial charge in [-0.1, -0.05) is 11.6 Å². The Morgan fingerprint density at radius 2 is 2.03 bits per heavy atom. The van der Waals surface area contributed by atoms with Crippen molar-refractivity contribution in [1.29, 1.82) is 0 Å². The number of aromatic nitrogens is 2. The lowest BCUT2D eigenvalue weighted by Crippen LogP contribution is -2.70. The number of ether oxygens (including phenoxy) is 1. The average molecular weight is 420 g/mol. The van der Waals surface area contributed by atoms with Crippen molar-refractivity contribution in [1.82, 2.24) is 15.5 Å². The molecule has 2 bridgehead atoms. The number of amides is 2. The fourth-order valence-corrected chi connectivity index (χ4v) is 4.50. The first-order valence-electron chi connectivity index (χ1n) is 9.63. The number of hydrogen-bond donors (Lipinski definition) is 1. The van der Waals surface area contributed by atoms with Gasteiger partial charge in [-0.05, 0) is 50.2 Å². The van der Waals surface area contributed by atoms with Crippen molar-refractivity contribution in [3.63, 3.8) is 0 Å². The third-order valence-corrected chi connectivity index (χ3v) is 6.41. The molecule has 0 radical (unpaired) electrons. The topological polar surface area (TPSA) is 94.3 Å². The summed E-state index contributed by atoms with van der Waals surface area (Å²) in [4.78, 5) is 24.5. The van der Waals surface area contributed by atoms with Gasteiger partial charge >= 0.3 is 0 Å². The highest BCUT2D eigenvalue weighted by Gasteiger charge is 2.74. The van der Waals surface area contributed by atoms with E-state index in [4.69, 9.17) is 20.8 Å². The van der Waals surface area contributed by atoms with Crippen LogP contribution in [0.1, 0.15) is 43.9 Å². The summed E-state index contributed by atoms with van der Waals surface area (Å²) in [6, 6.07) is 3.88. The third kappa shape index (κ3) is 3.29. The van der Waals surface area contributed by atoms with Crippen molar-refractivity contribution in [2.24, 2.45) is 11.3 Å². The maximum atomic E-state index is 13.4. The van der Waals surface area contributed by atoms with Gasteiger partial charge in [0.2, 0.25) is 17.7 Å². The van der Waals surface area contributed by atoms with Gasteiger partial charge < -0.3 is 9.15 Å². The summed E-state index contributed by atoms with van der Waals surface area (Å²) in [5, 5.41) is 10.7. The molecule has 0 atom stereocenters. The van der Waals surface area contributed by atoms with Crippen molar-refractivity contribution in [2.45, 2.75) is 43.9 Å². The molecule has 1 aromatic heterocycles. The molecule has 1 heterocycles. The van der Waals surface area contributed by atoms with Crippen LogP contribution in [0.4, 0.5) is 4.39 Å². The second-order valence-electron chi connectivity index (χ2n) is 8.48. The highest BCUT2D eigenvalue weighted by atomic mass is 35.5. The molecule has 4 aliphatic rings. The van der Waals surface area contributed by atoms with Gasteiger partial charge in [-0.25, -0.2) is 4.39 Å². The van der Waals surface area contributed by atoms with Crippen LogP contribution in [-0.4, -0.2) is 28.6 Å². The molecule has 4 aliphatic carbocycles. The fourth-order valence-electron chi connectivity index (χ4n) is 4.39. The molecule has 0 spiro atoms. The molecule has 1 aromatic carbocycles. The molecule has 29 heavy (non-hydrogen) atoms. The summed E-state index contributed by atoms with van der Waals surface area (Å²) < 4.78 is 24.4. The van der Waals surface area contributed by atoms with Crippen LogP contribution in [0, 0.1) is 17.2 Å². The van der Waals surface area contributed by atoms with Crippen LogP contribution >= 0.6 is 11.6 Å². The van der Waals surface area contributed by atoms with Crippen LogP contribution < -0.4 is 10.1 Å². The summed E-state index contributed by atoms with van der Waals surface area (Å²) in [5.74, 6) is 0.602. The predicted octanol–water partition coefficient (Wildman–Crippen LogP) is 2.96. The molecule has 0 unspecified atom stereocenters. The van der Waals surface area contributed by atoms with Crippen LogP contribution in [0.2, 0.25) is 5.02 Å². The van der Waals surface area contributed by atoms with Crippen LogP contribution in [0.15, 0.2) is 22.6 Å². The number of carbonyl (C=O) groups excluding carboxylic acids is 2. The van der Waals surface area contributed by atoms with Gasteiger partial charge in [0.25, 0.3) is 5.91 Å². The van der Waals surface area contributed by atoms with Gasteiger partial charge in [0, 0.05) is 12.5 Å². The Labute approximate surface area is 171 Å². The number of nitrogens with one attached hydrogen (secondary N) is 1. The van der Waals surface area contributed by atoms with Crippen LogP contribution in [0.25, 0.3) is 0 Å². The lowest BCUT2D eigenvalue weighted by molar-refractivity contribution is -0.182. The van der Waals surface area contributed by atoms with Crippen LogP contribution in [0.3, 0.4) is 0 Å². The van der Waals surface area contributed by atoms with Crippen LogP contribution in [-0.2, 0) is 21.4 Å². The van der Waals surface area contributed by atoms with Crippen molar-refractivity contribution >= 4 is 23.4 Å². The monoisotopic (exact) mass is 419 g/mol. The molecule has 2 aromatic rings. The molecule has 6 rings (SSSR count). The Kier molecular flexibility index (Phi) is 4.17. The largest absolute Gasteiger partial charge is 0.484 e. The first-order chi connectivity index (χ1) is 13.9. The van der Waals surface area contributed by atoms with Crippen molar-refractivity contribution in [3.05, 3.63) is 40.8 Å². The minimum atomic E-state index is -0.638. The SMILES string of the molecule is O=C(COc1ccc(Cl)c(F)c1)NC(=O)C12CC(c3nnc(CC4CC4)o3)(C1)C2. The Bertz CT molecular complexity index is 984. The van der Waals surface area contributed by atoms with Crippen LogP contribution in [0.5, 0.6) is 5.75 Å². The number of nitrogens with zero attached hydrogens (tertiary/aromatic N) is 2. The van der Waals surface area contributed by atoms with Gasteiger partial charge in [-0.15, -0.1) is 10.2 Å². The first-order valence-corrected chi connectivity index (χ1v) is 10.0. The highest BCUT2D eigenvalue weighted by Crippen LogP contribution is 2.73. The van der Waals surface area contributed by atoms with E-state index in [1.54, 1.807) is 0 Å². The van der Waals surface area contributed by atoms with Crippen molar-refractivity contribution in [3.8, 4) is 5.75 Å². The van der Waals surface area contributed by atoms with Gasteiger partial charge in [0.05, 0.1) is 15.9 Å². The summed E-state index contributed by atoms with van der Waals surface area (Å²) in [7, 11) is 0. The minimum absolute atomic E-state index is 0.0320. The predicted molar refractivity (Wildman–Crippen MR) is 98.7 cm³/mol. The van der Waals surface area contributed by atoms with E-state index in [2.05, 4.69) is 15.5 Å². The van der Waals surface area contributed by atoms with E-state index in [1.165, 1.54) is 25.0 Å². The number of halogens is 2. The number of benzene rings is 1. The summed E-state index contributed by atoms with van der Waals surface area (Å²) in [6.45, 7) is -0.387. The summed E-state index contributed by atoms with van der Waals surface area (Å²) >= 11 is 5.60. The minimum Gasteiger partial charge on any atom is -0.484 e. The Hall–Kier alpha value is -2.48. The van der Waals surface area contributed by atoms with E-state index in [9.17, 15) is 14.0 Å². The van der Waals surface area contributed by atoms with E-state index < -0.39 is 17.1 Å². The molecular weight excluding hydrogens is 401 g/mol. The van der Waals surface area contributed by atoms with Gasteiger partial charge in [-0.2, -0.15) is 0 Å². The van der Waals surface area contributed by atoms with E-state index >= 15 is 0 Å². The number of carbonyl (C=O) groups is 2. The van der Waals surface area contributed by atoms with E-state index in [-0.39, 0.29) is 28.7 Å². The van der Waals surface area contributed by atoms with Crippen molar-refractivity contribution < 1.29 is 23.1 Å². The summed E-state index contributed by atoms with van der Waals surface area (Å²) in [5.41, 5.74) is -0.764. The van der Waals surface area contributed by atoms with E-state index in [1.807, 2.05) is 0 Å². The fraction of sp³-hybridized carbons (Fsp3) is 0.500. The molecule has 4 fully saturated rings. The lowest BCUT2D eigenvalue weighted by atomic mass is 9.34. The second kappa shape index (κ2) is 6.52. The van der Waals surface area contributed by atoms with E-state index in [0.29, 0.717) is 37.0 Å². The Morgan fingerprint density at radius 3 is 2.72 bits per heavy atom. The maximum absolute atomic E-state index is 13.4. The molecule has 2 amide bonds. The smallest absolute Gasteiger partial charge is 0.264 e. The maximum Gasteiger partial charge on any atom is 0.264 e. The zero-order valence-corrected chi connectivity index (χ0v) is 16.3. The second-order valence-corrected chi connectivity index (χ2v) is 8.89. The van der Waals surface area contributed by atoms with E-state index in [0.717, 1.165) is 12.5 Å². The molecule has 152 valence electrons. The molecular formula is C20H19ClFN3O4. The molecule has 1 N–H and O–H groups in total. The molecule has 4 saturated carbocycles. The zero-order valence-electron chi connectivity index (χ0n) is 15.5. The molecule has 7 nitrogen and oxygen atoms in total. The number of hydrogen-bond acceptors (Lipinski definition) is 6. The molecule has 9 heteroatoms. The Morgan fingerprint density at radius 1 is 1.28 bits per heavy atom. The zero-order chi connectivity index (χ0) is 20.2. The van der Waals surface area contributed by atoms with Gasteiger partial charge in [0.15, 0.2) is 6.61 Å². The average Bonchev–Trinajstić information content (AvgIpc) is 3.30. The van der Waals surface area contributed by atoms with Gasteiger partial charge in [0.1, 0.15) is 11.6 Å². The Balaban J connectivity index is 1.11. The number of imide groups is 1. The standard InChI is InChI=1S/C20H19ClFN3O4/c21-13-4-3-12(6-14(13)22)28-7-15(26)23-17(27)19-8-20(9-19,10-19)18-25-24-16(29-18)5-11-1-2-11/h3-4,6,11H,1-2,5,7-10H2,(H,23,26,27). The highest BCUT2D eigenvalue weighted by molar-refractivity contribution is 6.30. The van der Waals surface area contributed by atoms with Gasteiger partial charge in [-0.3, -0.25) is 14.9 Å². The summed E-state index contributed by atoms with van der Waals surface area (Å²) in [6.07, 6.45) is 5.09. The number of rotatable bonds is 7. The molecule has 0 aliphatic heterocycles. The molecule has 0 saturated heterocycles. The van der Waals surface area contributed by atoms with Crippen molar-refractivity contribution in [2.75, 3.05) is 6.61 Å². The lowest BCUT2D eigenvalue weighted by Gasteiger charge is -2.67. The first kappa shape index (κ1) is 18.5. The third-order valence-electron chi connectivity index (χ3n) is 6.11. The normalized spacial score (nSPS) is 27.0.